The maximum atomic E-state index is 9.59. The normalized spacial score (nSPS) is 10.8. The summed E-state index contributed by atoms with van der Waals surface area (Å²) < 4.78 is 1.85. The van der Waals surface area contributed by atoms with E-state index in [1.54, 1.807) is 18.0 Å². The molecule has 0 aliphatic heterocycles. The Hall–Kier alpha value is -3.17. The van der Waals surface area contributed by atoms with Crippen molar-refractivity contribution >= 4 is 22.5 Å². The zero-order valence-corrected chi connectivity index (χ0v) is 14.9. The molecule has 0 atom stereocenters. The summed E-state index contributed by atoms with van der Waals surface area (Å²) in [7, 11) is 0. The van der Waals surface area contributed by atoms with E-state index in [4.69, 9.17) is 0 Å². The molecule has 2 aromatic carbocycles. The molecule has 2 heterocycles. The Morgan fingerprint density at radius 1 is 1.08 bits per heavy atom. The summed E-state index contributed by atoms with van der Waals surface area (Å²) in [6.07, 6.45) is 1.76. The van der Waals surface area contributed by atoms with E-state index in [1.807, 2.05) is 66.2 Å². The molecule has 26 heavy (non-hydrogen) atoms. The van der Waals surface area contributed by atoms with Crippen molar-refractivity contribution in [3.05, 3.63) is 77.7 Å². The molecular weight excluding hydrogens is 342 g/mol. The van der Waals surface area contributed by atoms with Crippen molar-refractivity contribution in [3.8, 4) is 11.8 Å². The van der Waals surface area contributed by atoms with E-state index < -0.39 is 0 Å². The topological polar surface area (TPSA) is 67.4 Å². The molecule has 0 N–H and O–H groups in total. The van der Waals surface area contributed by atoms with Crippen LogP contribution < -0.4 is 0 Å². The molecule has 2 aromatic heterocycles. The summed E-state index contributed by atoms with van der Waals surface area (Å²) in [5.41, 5.74) is 3.16. The van der Waals surface area contributed by atoms with Gasteiger partial charge in [0.05, 0.1) is 28.8 Å². The van der Waals surface area contributed by atoms with Gasteiger partial charge in [-0.25, -0.2) is 4.68 Å². The van der Waals surface area contributed by atoms with Crippen LogP contribution in [0.1, 0.15) is 17.0 Å². The summed E-state index contributed by atoms with van der Waals surface area (Å²) >= 11 is 1.57. The van der Waals surface area contributed by atoms with Gasteiger partial charge < -0.3 is 0 Å². The maximum Gasteiger partial charge on any atom is 0.127 e. The van der Waals surface area contributed by atoms with Gasteiger partial charge in [0.25, 0.3) is 0 Å². The molecule has 0 saturated carbocycles. The first-order chi connectivity index (χ1) is 12.8. The quantitative estimate of drug-likeness (QED) is 0.510. The molecule has 5 nitrogen and oxygen atoms in total. The Balaban J connectivity index is 1.73. The Morgan fingerprint density at radius 2 is 1.85 bits per heavy atom. The minimum absolute atomic E-state index is 0.585. The Kier molecular flexibility index (Phi) is 4.38. The smallest absolute Gasteiger partial charge is 0.127 e. The average molecular weight is 357 g/mol. The number of nitrogens with zero attached hydrogens (tertiary/aromatic N) is 5. The van der Waals surface area contributed by atoms with E-state index in [0.29, 0.717) is 11.3 Å². The standard InChI is InChI=1S/C20H15N5S/c1-14-18(11-21)19(25(24-14)16-8-3-2-4-9-16)13-26-20-17-10-6-5-7-15(17)12-22-23-20/h2-10,12H,13H2,1H3. The van der Waals surface area contributed by atoms with E-state index >= 15 is 0 Å². The van der Waals surface area contributed by atoms with Gasteiger partial charge >= 0.3 is 0 Å². The van der Waals surface area contributed by atoms with Crippen molar-refractivity contribution in [2.75, 3.05) is 0 Å². The average Bonchev–Trinajstić information content (AvgIpc) is 3.02. The lowest BCUT2D eigenvalue weighted by Gasteiger charge is -2.08. The van der Waals surface area contributed by atoms with E-state index in [2.05, 4.69) is 21.4 Å². The number of hydrogen-bond acceptors (Lipinski definition) is 5. The molecule has 0 bridgehead atoms. The number of aromatic nitrogens is 4. The van der Waals surface area contributed by atoms with Crippen LogP contribution in [0, 0.1) is 18.3 Å². The van der Waals surface area contributed by atoms with E-state index in [9.17, 15) is 5.26 Å². The number of benzene rings is 2. The van der Waals surface area contributed by atoms with Crippen LogP contribution in [0.25, 0.3) is 16.5 Å². The number of nitriles is 1. The van der Waals surface area contributed by atoms with Gasteiger partial charge in [-0.1, -0.05) is 54.2 Å². The Labute approximate surface area is 155 Å². The second kappa shape index (κ2) is 6.98. The summed E-state index contributed by atoms with van der Waals surface area (Å²) in [6, 6.07) is 20.2. The van der Waals surface area contributed by atoms with Gasteiger partial charge in [0, 0.05) is 16.5 Å². The molecule has 0 aliphatic carbocycles. The van der Waals surface area contributed by atoms with Gasteiger partial charge in [-0.05, 0) is 19.1 Å². The molecular formula is C20H15N5S. The number of hydrogen-bond donors (Lipinski definition) is 0. The number of thioether (sulfide) groups is 1. The lowest BCUT2D eigenvalue weighted by molar-refractivity contribution is 0.828. The van der Waals surface area contributed by atoms with Gasteiger partial charge in [0.2, 0.25) is 0 Å². The summed E-state index contributed by atoms with van der Waals surface area (Å²) in [5.74, 6) is 0.585. The van der Waals surface area contributed by atoms with Crippen molar-refractivity contribution in [1.29, 1.82) is 5.26 Å². The Bertz CT molecular complexity index is 1110. The molecule has 4 aromatic rings. The molecule has 4 rings (SSSR count). The molecule has 126 valence electrons. The molecule has 0 saturated heterocycles. The van der Waals surface area contributed by atoms with Crippen LogP contribution in [0.3, 0.4) is 0 Å². The highest BCUT2D eigenvalue weighted by Gasteiger charge is 2.17. The molecule has 0 spiro atoms. The fourth-order valence-electron chi connectivity index (χ4n) is 2.88. The van der Waals surface area contributed by atoms with E-state index in [-0.39, 0.29) is 0 Å². The van der Waals surface area contributed by atoms with Gasteiger partial charge in [0.1, 0.15) is 11.1 Å². The largest absolute Gasteiger partial charge is 0.235 e. The van der Waals surface area contributed by atoms with E-state index in [1.165, 1.54) is 0 Å². The highest BCUT2D eigenvalue weighted by Crippen LogP contribution is 2.30. The molecule has 0 amide bonds. The fraction of sp³-hybridized carbons (Fsp3) is 0.100. The first-order valence-electron chi connectivity index (χ1n) is 8.15. The minimum atomic E-state index is 0.585. The van der Waals surface area contributed by atoms with Crippen molar-refractivity contribution in [2.45, 2.75) is 17.7 Å². The van der Waals surface area contributed by atoms with Gasteiger partial charge in [-0.15, -0.1) is 5.10 Å². The van der Waals surface area contributed by atoms with Crippen molar-refractivity contribution < 1.29 is 0 Å². The lowest BCUT2D eigenvalue weighted by Crippen LogP contribution is -2.02. The van der Waals surface area contributed by atoms with Crippen molar-refractivity contribution in [3.63, 3.8) is 0 Å². The van der Waals surface area contributed by atoms with Crippen molar-refractivity contribution in [2.24, 2.45) is 0 Å². The van der Waals surface area contributed by atoms with Crippen LogP contribution in [0.5, 0.6) is 0 Å². The Morgan fingerprint density at radius 3 is 2.65 bits per heavy atom. The molecule has 0 aliphatic rings. The highest BCUT2D eigenvalue weighted by molar-refractivity contribution is 7.98. The van der Waals surface area contributed by atoms with Crippen LogP contribution in [-0.4, -0.2) is 20.0 Å². The predicted octanol–water partition coefficient (Wildman–Crippen LogP) is 4.29. The summed E-state index contributed by atoms with van der Waals surface area (Å²) in [5, 5.41) is 25.5. The second-order valence-corrected chi connectivity index (χ2v) is 6.76. The number of fused-ring (bicyclic) bond motifs is 1. The fourth-order valence-corrected chi connectivity index (χ4v) is 3.87. The van der Waals surface area contributed by atoms with Crippen LogP contribution in [0.2, 0.25) is 0 Å². The maximum absolute atomic E-state index is 9.59. The zero-order valence-electron chi connectivity index (χ0n) is 14.1. The summed E-state index contributed by atoms with van der Waals surface area (Å²) in [4.78, 5) is 0. The lowest BCUT2D eigenvalue weighted by atomic mass is 10.2. The molecule has 0 unspecified atom stereocenters. The first kappa shape index (κ1) is 16.3. The van der Waals surface area contributed by atoms with Crippen molar-refractivity contribution in [1.82, 2.24) is 20.0 Å². The van der Waals surface area contributed by atoms with Gasteiger partial charge in [-0.2, -0.15) is 15.5 Å². The third-order valence-electron chi connectivity index (χ3n) is 4.15. The van der Waals surface area contributed by atoms with E-state index in [0.717, 1.165) is 32.9 Å². The molecule has 6 heteroatoms. The minimum Gasteiger partial charge on any atom is -0.235 e. The zero-order chi connectivity index (χ0) is 17.9. The number of rotatable bonds is 4. The van der Waals surface area contributed by atoms with Crippen LogP contribution in [0.15, 0.2) is 65.8 Å². The van der Waals surface area contributed by atoms with Crippen LogP contribution in [0.4, 0.5) is 0 Å². The monoisotopic (exact) mass is 357 g/mol. The first-order valence-corrected chi connectivity index (χ1v) is 9.13. The van der Waals surface area contributed by atoms with Crippen LogP contribution in [-0.2, 0) is 5.75 Å². The highest BCUT2D eigenvalue weighted by atomic mass is 32.2. The SMILES string of the molecule is Cc1nn(-c2ccccc2)c(CSc2nncc3ccccc23)c1C#N. The van der Waals surface area contributed by atoms with Crippen LogP contribution >= 0.6 is 11.8 Å². The van der Waals surface area contributed by atoms with Gasteiger partial charge in [-0.3, -0.25) is 0 Å². The third-order valence-corrected chi connectivity index (χ3v) is 5.14. The van der Waals surface area contributed by atoms with Gasteiger partial charge in [0.15, 0.2) is 0 Å². The predicted molar refractivity (Wildman–Crippen MR) is 102 cm³/mol. The summed E-state index contributed by atoms with van der Waals surface area (Å²) in [6.45, 7) is 1.86. The molecule has 0 radical (unpaired) electrons. The molecule has 0 fully saturated rings. The number of aryl methyl sites for hydroxylation is 1. The second-order valence-electron chi connectivity index (χ2n) is 5.79. The third kappa shape index (κ3) is 2.93. The number of para-hydroxylation sites is 1.